The van der Waals surface area contributed by atoms with Gasteiger partial charge >= 0.3 is 0 Å². The van der Waals surface area contributed by atoms with Gasteiger partial charge < -0.3 is 9.55 Å². The molecule has 1 aliphatic heterocycles. The number of aromatic amines is 2. The lowest BCUT2D eigenvalue weighted by atomic mass is 9.85. The maximum atomic E-state index is 15.1. The Morgan fingerprint density at radius 1 is 1.23 bits per heavy atom. The topological polar surface area (TPSA) is 94.7 Å². The standard InChI is InChI=1S/C25H28F5N9/c1-13-32-19-4-3-17(33-23(19)38(13)12-20(27)28)15-5-8-39-21(15)22(31-2)35-24(36-39)34-18-6-7-37(11-16(18)26)14-9-25(29,30)10-14/h3-5,8,14,16,18,20H,6-7,9-12H2,1-2H3,(H2,31,34,35,36)/t16-,18+/m1/s1/i8D. The normalized spacial score (nSPS) is 23.7. The van der Waals surface area contributed by atoms with Gasteiger partial charge in [-0.25, -0.2) is 36.9 Å². The van der Waals surface area contributed by atoms with Crippen LogP contribution in [-0.4, -0.2) is 84.8 Å². The van der Waals surface area contributed by atoms with E-state index in [1.165, 1.54) is 9.08 Å². The number of aryl methyl sites for hydroxylation is 1. The molecule has 1 aliphatic carbocycles. The number of likely N-dealkylation sites (tertiary alicyclic amines) is 1. The smallest absolute Gasteiger partial charge is 0.256 e. The molecule has 0 bridgehead atoms. The molecular weight excluding hydrogens is 521 g/mol. The van der Waals surface area contributed by atoms with Gasteiger partial charge in [0, 0.05) is 50.8 Å². The first-order valence-corrected chi connectivity index (χ1v) is 12.7. The lowest BCUT2D eigenvalue weighted by molar-refractivity contribution is -0.131. The third-order valence-electron chi connectivity index (χ3n) is 7.52. The van der Waals surface area contributed by atoms with Gasteiger partial charge in [-0.3, -0.25) is 19.5 Å². The molecule has 6 rings (SSSR count). The second-order valence-corrected chi connectivity index (χ2v) is 10.1. The van der Waals surface area contributed by atoms with Gasteiger partial charge in [-0.1, -0.05) is 0 Å². The molecule has 1 saturated heterocycles. The van der Waals surface area contributed by atoms with Crippen LogP contribution in [0.3, 0.4) is 0 Å². The largest absolute Gasteiger partial charge is 0.308 e. The lowest BCUT2D eigenvalue weighted by Gasteiger charge is -2.45. The van der Waals surface area contributed by atoms with Gasteiger partial charge in [-0.05, 0) is 31.5 Å². The highest BCUT2D eigenvalue weighted by Gasteiger charge is 2.49. The van der Waals surface area contributed by atoms with E-state index in [-0.39, 0.29) is 37.2 Å². The van der Waals surface area contributed by atoms with Crippen molar-refractivity contribution in [2.45, 2.75) is 63.3 Å². The van der Waals surface area contributed by atoms with Crippen molar-refractivity contribution in [3.05, 3.63) is 41.3 Å². The van der Waals surface area contributed by atoms with Gasteiger partial charge in [0.2, 0.25) is 5.62 Å². The van der Waals surface area contributed by atoms with Crippen molar-refractivity contribution in [3.63, 3.8) is 0 Å². The Bertz CT molecular complexity index is 1710. The number of rotatable bonds is 5. The van der Waals surface area contributed by atoms with Crippen molar-refractivity contribution in [1.82, 2.24) is 34.0 Å². The van der Waals surface area contributed by atoms with E-state index in [1.54, 1.807) is 37.1 Å². The second-order valence-electron chi connectivity index (χ2n) is 10.1. The molecule has 0 unspecified atom stereocenters. The fourth-order valence-corrected chi connectivity index (χ4v) is 5.50. The SMILES string of the molecule is [2H]c1cc(-c2ccc3nc(C)n(CC(F)F)c3n2)c2c(=NC)[nH]c(=N[C@H]3CCN(C4CC(F)(F)C4)C[C@H]3F)[nH]n12. The highest BCUT2D eigenvalue weighted by molar-refractivity contribution is 5.82. The number of pyridine rings is 1. The minimum Gasteiger partial charge on any atom is -0.308 e. The van der Waals surface area contributed by atoms with Crippen LogP contribution in [0.25, 0.3) is 27.9 Å². The van der Waals surface area contributed by atoms with Crippen LogP contribution in [0.5, 0.6) is 0 Å². The fraction of sp³-hybridized carbons (Fsp3) is 0.520. The number of nitrogens with zero attached hydrogens (tertiary/aromatic N) is 7. The van der Waals surface area contributed by atoms with Crippen molar-refractivity contribution in [1.29, 1.82) is 0 Å². The Hall–Kier alpha value is -3.55. The van der Waals surface area contributed by atoms with Crippen LogP contribution in [-0.2, 0) is 6.54 Å². The average Bonchev–Trinajstić information content (AvgIpc) is 3.38. The van der Waals surface area contributed by atoms with Crippen molar-refractivity contribution in [2.24, 2.45) is 9.98 Å². The molecule has 0 radical (unpaired) electrons. The van der Waals surface area contributed by atoms with Gasteiger partial charge in [0.15, 0.2) is 11.1 Å². The molecule has 0 amide bonds. The molecule has 0 spiro atoms. The van der Waals surface area contributed by atoms with Crippen LogP contribution in [0.1, 0.15) is 26.5 Å². The molecule has 14 heteroatoms. The zero-order valence-electron chi connectivity index (χ0n) is 22.3. The van der Waals surface area contributed by atoms with E-state index in [1.807, 2.05) is 0 Å². The van der Waals surface area contributed by atoms with E-state index >= 15 is 4.39 Å². The molecule has 0 aromatic carbocycles. The summed E-state index contributed by atoms with van der Waals surface area (Å²) < 4.78 is 79.3. The maximum Gasteiger partial charge on any atom is 0.256 e. The summed E-state index contributed by atoms with van der Waals surface area (Å²) in [5, 5.41) is 3.00. The Balaban J connectivity index is 1.35. The molecule has 208 valence electrons. The molecule has 2 N–H and O–H groups in total. The third kappa shape index (κ3) is 4.74. The highest BCUT2D eigenvalue weighted by atomic mass is 19.3. The van der Waals surface area contributed by atoms with E-state index in [2.05, 4.69) is 30.0 Å². The fourth-order valence-electron chi connectivity index (χ4n) is 5.50. The van der Waals surface area contributed by atoms with Gasteiger partial charge in [0.25, 0.3) is 12.3 Å². The quantitative estimate of drug-likeness (QED) is 0.374. The molecule has 5 heterocycles. The van der Waals surface area contributed by atoms with Crippen LogP contribution >= 0.6 is 0 Å². The predicted octanol–water partition coefficient (Wildman–Crippen LogP) is 3.22. The maximum absolute atomic E-state index is 15.1. The molecule has 2 aliphatic rings. The molecule has 2 atom stereocenters. The summed E-state index contributed by atoms with van der Waals surface area (Å²) in [7, 11) is 1.55. The first kappa shape index (κ1) is 24.5. The second kappa shape index (κ2) is 9.57. The first-order chi connectivity index (χ1) is 19.0. The zero-order chi connectivity index (χ0) is 28.3. The summed E-state index contributed by atoms with van der Waals surface area (Å²) in [4.78, 5) is 22.6. The average molecular weight is 551 g/mol. The number of halogens is 5. The van der Waals surface area contributed by atoms with Crippen molar-refractivity contribution >= 4 is 16.7 Å². The molecular formula is C25H28F5N9. The van der Waals surface area contributed by atoms with E-state index in [9.17, 15) is 17.6 Å². The number of imidazole rings is 1. The van der Waals surface area contributed by atoms with E-state index < -0.39 is 31.1 Å². The number of alkyl halides is 5. The van der Waals surface area contributed by atoms with Gasteiger partial charge in [0.1, 0.15) is 23.0 Å². The van der Waals surface area contributed by atoms with E-state index in [0.29, 0.717) is 52.2 Å². The monoisotopic (exact) mass is 550 g/mol. The Morgan fingerprint density at radius 3 is 2.72 bits per heavy atom. The molecule has 9 nitrogen and oxygen atoms in total. The molecule has 4 aromatic rings. The van der Waals surface area contributed by atoms with Crippen LogP contribution in [0, 0.1) is 6.92 Å². The number of hydrogen-bond acceptors (Lipinski definition) is 5. The summed E-state index contributed by atoms with van der Waals surface area (Å²) in [6.07, 6.45) is -3.97. The summed E-state index contributed by atoms with van der Waals surface area (Å²) in [5.74, 6) is -2.24. The zero-order valence-corrected chi connectivity index (χ0v) is 21.3. The minimum absolute atomic E-state index is 0.0370. The summed E-state index contributed by atoms with van der Waals surface area (Å²) in [6, 6.07) is 3.96. The van der Waals surface area contributed by atoms with Crippen LogP contribution in [0.4, 0.5) is 22.0 Å². The first-order valence-electron chi connectivity index (χ1n) is 13.2. The van der Waals surface area contributed by atoms with Crippen LogP contribution < -0.4 is 11.1 Å². The highest BCUT2D eigenvalue weighted by Crippen LogP contribution is 2.41. The lowest BCUT2D eigenvalue weighted by Crippen LogP contribution is -2.56. The van der Waals surface area contributed by atoms with Crippen molar-refractivity contribution in [2.75, 3.05) is 20.1 Å². The van der Waals surface area contributed by atoms with Gasteiger partial charge in [0.05, 0.1) is 19.7 Å². The van der Waals surface area contributed by atoms with Gasteiger partial charge in [-0.15, -0.1) is 0 Å². The number of H-pyrrole nitrogens is 2. The van der Waals surface area contributed by atoms with Crippen molar-refractivity contribution in [3.8, 4) is 11.3 Å². The van der Waals surface area contributed by atoms with Crippen LogP contribution in [0.2, 0.25) is 0 Å². The van der Waals surface area contributed by atoms with E-state index in [0.717, 1.165) is 0 Å². The molecule has 39 heavy (non-hydrogen) atoms. The predicted molar refractivity (Wildman–Crippen MR) is 133 cm³/mol. The number of aromatic nitrogens is 6. The van der Waals surface area contributed by atoms with Gasteiger partial charge in [-0.2, -0.15) is 0 Å². The van der Waals surface area contributed by atoms with Crippen molar-refractivity contribution < 1.29 is 23.3 Å². The minimum atomic E-state index is -2.66. The Kier molecular flexibility index (Phi) is 6.01. The molecule has 1 saturated carbocycles. The Morgan fingerprint density at radius 2 is 2.03 bits per heavy atom. The molecule has 4 aromatic heterocycles. The number of nitrogens with one attached hydrogen (secondary N) is 2. The number of hydrogen-bond donors (Lipinski definition) is 2. The number of fused-ring (bicyclic) bond motifs is 2. The summed E-state index contributed by atoms with van der Waals surface area (Å²) >= 11 is 0. The summed E-state index contributed by atoms with van der Waals surface area (Å²) in [5.41, 5.74) is 2.79. The Labute approximate surface area is 220 Å². The molecule has 2 fully saturated rings. The third-order valence-corrected chi connectivity index (χ3v) is 7.52. The van der Waals surface area contributed by atoms with E-state index in [4.69, 9.17) is 1.37 Å². The number of piperidine rings is 1. The van der Waals surface area contributed by atoms with Crippen LogP contribution in [0.15, 0.2) is 34.4 Å². The summed E-state index contributed by atoms with van der Waals surface area (Å²) in [6.45, 7) is 1.60.